The molecule has 0 bridgehead atoms. The number of nitrogens with two attached hydrogens (primary N) is 1. The molecule has 1 amide bonds. The van der Waals surface area contributed by atoms with E-state index in [2.05, 4.69) is 0 Å². The first-order chi connectivity index (χ1) is 8.25. The summed E-state index contributed by atoms with van der Waals surface area (Å²) >= 11 is 7.39. The van der Waals surface area contributed by atoms with Crippen molar-refractivity contribution in [2.75, 3.05) is 6.54 Å². The Hall–Kier alpha value is -0.580. The Morgan fingerprint density at radius 2 is 2.11 bits per heavy atom. The molecule has 18 heavy (non-hydrogen) atoms. The molecule has 1 aromatic heterocycles. The predicted octanol–water partition coefficient (Wildman–Crippen LogP) is 3.12. The molecule has 0 fully saturated rings. The molecule has 5 heteroatoms. The summed E-state index contributed by atoms with van der Waals surface area (Å²) in [6, 6.07) is 3.32. The van der Waals surface area contributed by atoms with E-state index < -0.39 is 6.04 Å². The molecule has 1 rings (SSSR count). The summed E-state index contributed by atoms with van der Waals surface area (Å²) in [6.45, 7) is 9.12. The Labute approximate surface area is 118 Å². The lowest BCUT2D eigenvalue weighted by molar-refractivity contribution is -0.135. The summed E-state index contributed by atoms with van der Waals surface area (Å²) in [5, 5.41) is 0. The molecule has 0 aromatic carbocycles. The summed E-state index contributed by atoms with van der Waals surface area (Å²) in [4.78, 5) is 15.2. The van der Waals surface area contributed by atoms with Crippen molar-refractivity contribution >= 4 is 28.8 Å². The van der Waals surface area contributed by atoms with Crippen LogP contribution in [0.1, 0.15) is 32.6 Å². The van der Waals surface area contributed by atoms with Gasteiger partial charge >= 0.3 is 0 Å². The first kappa shape index (κ1) is 15.5. The van der Waals surface area contributed by atoms with Crippen LogP contribution in [0.2, 0.25) is 4.34 Å². The fourth-order valence-electron chi connectivity index (χ4n) is 1.54. The van der Waals surface area contributed by atoms with Gasteiger partial charge in [0.1, 0.15) is 0 Å². The number of halogens is 1. The molecule has 1 aromatic rings. The predicted molar refractivity (Wildman–Crippen MR) is 77.9 cm³/mol. The van der Waals surface area contributed by atoms with Gasteiger partial charge in [0.25, 0.3) is 0 Å². The van der Waals surface area contributed by atoms with Gasteiger partial charge in [0.2, 0.25) is 5.91 Å². The van der Waals surface area contributed by atoms with Crippen molar-refractivity contribution in [3.8, 4) is 0 Å². The van der Waals surface area contributed by atoms with E-state index in [1.807, 2.05) is 39.8 Å². The Kier molecular flexibility index (Phi) is 5.20. The largest absolute Gasteiger partial charge is 0.336 e. The minimum Gasteiger partial charge on any atom is -0.336 e. The molecule has 1 atom stereocenters. The third-order valence-electron chi connectivity index (χ3n) is 2.87. The zero-order chi connectivity index (χ0) is 13.9. The molecular weight excluding hydrogens is 268 g/mol. The highest BCUT2D eigenvalue weighted by Gasteiger charge is 2.30. The third kappa shape index (κ3) is 3.97. The number of hydrogen-bond acceptors (Lipinski definition) is 3. The SMILES string of the molecule is CCN(Cc1ccc(Cl)s1)C(=O)[C@H](N)C(C)(C)C. The molecule has 0 unspecified atom stereocenters. The average Bonchev–Trinajstić information content (AvgIpc) is 2.68. The minimum absolute atomic E-state index is 0.00507. The summed E-state index contributed by atoms with van der Waals surface area (Å²) < 4.78 is 0.744. The summed E-state index contributed by atoms with van der Waals surface area (Å²) in [5.74, 6) is -0.00507. The normalized spacial score (nSPS) is 13.4. The number of thiophene rings is 1. The summed E-state index contributed by atoms with van der Waals surface area (Å²) in [6.07, 6.45) is 0. The van der Waals surface area contributed by atoms with Crippen LogP contribution in [0.5, 0.6) is 0 Å². The van der Waals surface area contributed by atoms with E-state index in [0.717, 1.165) is 9.21 Å². The van der Waals surface area contributed by atoms with Gasteiger partial charge in [-0.05, 0) is 24.5 Å². The standard InChI is InChI=1S/C13H21ClN2OS/c1-5-16(8-9-6-7-10(14)18-9)12(17)11(15)13(2,3)4/h6-7,11H,5,8,15H2,1-4H3/t11-/m0/s1. The van der Waals surface area contributed by atoms with Gasteiger partial charge < -0.3 is 10.6 Å². The van der Waals surface area contributed by atoms with Crippen LogP contribution in [0.4, 0.5) is 0 Å². The maximum absolute atomic E-state index is 12.3. The lowest BCUT2D eigenvalue weighted by Gasteiger charge is -2.31. The molecule has 0 aliphatic carbocycles. The van der Waals surface area contributed by atoms with Crippen molar-refractivity contribution in [2.45, 2.75) is 40.3 Å². The molecule has 1 heterocycles. The molecule has 0 saturated carbocycles. The van der Waals surface area contributed by atoms with E-state index in [4.69, 9.17) is 17.3 Å². The lowest BCUT2D eigenvalue weighted by Crippen LogP contribution is -2.50. The Morgan fingerprint density at radius 1 is 1.50 bits per heavy atom. The van der Waals surface area contributed by atoms with Gasteiger partial charge in [-0.15, -0.1) is 11.3 Å². The fraction of sp³-hybridized carbons (Fsp3) is 0.615. The fourth-order valence-corrected chi connectivity index (χ4v) is 2.64. The van der Waals surface area contributed by atoms with Gasteiger partial charge in [-0.2, -0.15) is 0 Å². The monoisotopic (exact) mass is 288 g/mol. The van der Waals surface area contributed by atoms with Crippen molar-refractivity contribution in [1.29, 1.82) is 0 Å². The van der Waals surface area contributed by atoms with Gasteiger partial charge in [0.15, 0.2) is 0 Å². The molecule has 2 N–H and O–H groups in total. The number of rotatable bonds is 4. The van der Waals surface area contributed by atoms with E-state index >= 15 is 0 Å². The molecule has 0 radical (unpaired) electrons. The number of carbonyl (C=O) groups excluding carboxylic acids is 1. The highest BCUT2D eigenvalue weighted by atomic mass is 35.5. The molecule has 0 spiro atoms. The minimum atomic E-state index is -0.479. The third-order valence-corrected chi connectivity index (χ3v) is 4.08. The van der Waals surface area contributed by atoms with Crippen molar-refractivity contribution in [3.05, 3.63) is 21.3 Å². The molecule has 0 aliphatic rings. The molecule has 102 valence electrons. The Morgan fingerprint density at radius 3 is 2.50 bits per heavy atom. The van der Waals surface area contributed by atoms with Crippen LogP contribution in [-0.2, 0) is 11.3 Å². The van der Waals surface area contributed by atoms with Gasteiger partial charge in [0, 0.05) is 11.4 Å². The first-order valence-corrected chi connectivity index (χ1v) is 7.23. The van der Waals surface area contributed by atoms with Crippen LogP contribution in [-0.4, -0.2) is 23.4 Å². The second kappa shape index (κ2) is 6.04. The number of likely N-dealkylation sites (N-methyl/N-ethyl adjacent to an activating group) is 1. The van der Waals surface area contributed by atoms with Crippen LogP contribution in [0.15, 0.2) is 12.1 Å². The van der Waals surface area contributed by atoms with Crippen molar-refractivity contribution in [1.82, 2.24) is 4.90 Å². The lowest BCUT2D eigenvalue weighted by atomic mass is 9.86. The van der Waals surface area contributed by atoms with Crippen molar-refractivity contribution < 1.29 is 4.79 Å². The maximum Gasteiger partial charge on any atom is 0.240 e. The van der Waals surface area contributed by atoms with Gasteiger partial charge in [-0.1, -0.05) is 32.4 Å². The first-order valence-electron chi connectivity index (χ1n) is 6.04. The van der Waals surface area contributed by atoms with Crippen LogP contribution in [0, 0.1) is 5.41 Å². The average molecular weight is 289 g/mol. The zero-order valence-electron chi connectivity index (χ0n) is 11.4. The number of hydrogen-bond donors (Lipinski definition) is 1. The van der Waals surface area contributed by atoms with Crippen LogP contribution >= 0.6 is 22.9 Å². The topological polar surface area (TPSA) is 46.3 Å². The summed E-state index contributed by atoms with van der Waals surface area (Å²) in [5.41, 5.74) is 5.79. The maximum atomic E-state index is 12.3. The van der Waals surface area contributed by atoms with Crippen LogP contribution in [0.3, 0.4) is 0 Å². The van der Waals surface area contributed by atoms with Gasteiger partial charge in [-0.25, -0.2) is 0 Å². The van der Waals surface area contributed by atoms with E-state index in [9.17, 15) is 4.79 Å². The molecule has 0 saturated heterocycles. The van der Waals surface area contributed by atoms with Gasteiger partial charge in [0.05, 0.1) is 16.9 Å². The summed E-state index contributed by atoms with van der Waals surface area (Å²) in [7, 11) is 0. The van der Waals surface area contributed by atoms with Crippen molar-refractivity contribution in [3.63, 3.8) is 0 Å². The molecular formula is C13H21ClN2OS. The van der Waals surface area contributed by atoms with Gasteiger partial charge in [-0.3, -0.25) is 4.79 Å². The van der Waals surface area contributed by atoms with E-state index in [0.29, 0.717) is 13.1 Å². The van der Waals surface area contributed by atoms with Crippen molar-refractivity contribution in [2.24, 2.45) is 11.1 Å². The number of carbonyl (C=O) groups is 1. The highest BCUT2D eigenvalue weighted by molar-refractivity contribution is 7.16. The quantitative estimate of drug-likeness (QED) is 0.925. The molecule has 3 nitrogen and oxygen atoms in total. The number of nitrogens with zero attached hydrogens (tertiary/aromatic N) is 1. The second-order valence-corrected chi connectivity index (χ2v) is 7.20. The Bertz CT molecular complexity index is 411. The second-order valence-electron chi connectivity index (χ2n) is 5.40. The van der Waals surface area contributed by atoms with E-state index in [1.165, 1.54) is 11.3 Å². The van der Waals surface area contributed by atoms with E-state index in [1.54, 1.807) is 4.90 Å². The zero-order valence-corrected chi connectivity index (χ0v) is 12.9. The highest BCUT2D eigenvalue weighted by Crippen LogP contribution is 2.24. The van der Waals surface area contributed by atoms with Crippen LogP contribution in [0.25, 0.3) is 0 Å². The van der Waals surface area contributed by atoms with E-state index in [-0.39, 0.29) is 11.3 Å². The number of amides is 1. The molecule has 0 aliphatic heterocycles. The smallest absolute Gasteiger partial charge is 0.240 e. The van der Waals surface area contributed by atoms with Crippen LogP contribution < -0.4 is 5.73 Å². The Balaban J connectivity index is 2.75.